The van der Waals surface area contributed by atoms with Gasteiger partial charge in [0.25, 0.3) is 10.1 Å². The second-order valence-electron chi connectivity index (χ2n) is 14.0. The van der Waals surface area contributed by atoms with Gasteiger partial charge in [-0.05, 0) is 117 Å². The maximum Gasteiger partial charge on any atom is 0.267 e. The van der Waals surface area contributed by atoms with Crippen LogP contribution in [0, 0.1) is 46.3 Å². The molecule has 0 heterocycles. The SMILES string of the molecule is CC(CCC(=O)NC1(CS(=O)(=O)O)CC1)C1CCC2C3CCC4CC(O)CCC4(C)C3CC(O)C12C. The molecule has 0 radical (unpaired) electrons. The first kappa shape index (κ1) is 26.9. The Bertz CT molecular complexity index is 965. The van der Waals surface area contributed by atoms with Crippen LogP contribution < -0.4 is 5.32 Å². The van der Waals surface area contributed by atoms with Gasteiger partial charge in [0, 0.05) is 6.42 Å². The summed E-state index contributed by atoms with van der Waals surface area (Å²) in [7, 11) is -4.12. The fourth-order valence-corrected chi connectivity index (χ4v) is 10.9. The number of aliphatic hydroxyl groups excluding tert-OH is 2. The van der Waals surface area contributed by atoms with Gasteiger partial charge in [-0.2, -0.15) is 8.42 Å². The van der Waals surface area contributed by atoms with Crippen LogP contribution in [0.5, 0.6) is 0 Å². The molecule has 8 heteroatoms. The zero-order chi connectivity index (χ0) is 26.1. The largest absolute Gasteiger partial charge is 0.393 e. The van der Waals surface area contributed by atoms with Crippen LogP contribution >= 0.6 is 0 Å². The van der Waals surface area contributed by atoms with Crippen molar-refractivity contribution in [1.29, 1.82) is 0 Å². The molecule has 0 bridgehead atoms. The third kappa shape index (κ3) is 4.66. The van der Waals surface area contributed by atoms with E-state index in [0.717, 1.165) is 44.9 Å². The van der Waals surface area contributed by atoms with Crippen molar-refractivity contribution >= 4 is 16.0 Å². The van der Waals surface area contributed by atoms with Crippen LogP contribution in [-0.4, -0.2) is 52.6 Å². The summed E-state index contributed by atoms with van der Waals surface area (Å²) in [6.45, 7) is 6.98. The number of carbonyl (C=O) groups excluding carboxylic acids is 1. The molecule has 36 heavy (non-hydrogen) atoms. The average molecular weight is 526 g/mol. The first-order chi connectivity index (χ1) is 16.8. The van der Waals surface area contributed by atoms with E-state index in [2.05, 4.69) is 26.1 Å². The van der Waals surface area contributed by atoms with Gasteiger partial charge in [0.2, 0.25) is 5.91 Å². The lowest BCUT2D eigenvalue weighted by molar-refractivity contribution is -0.175. The molecule has 5 aliphatic rings. The molecule has 1 amide bonds. The number of fused-ring (bicyclic) bond motifs is 5. The van der Waals surface area contributed by atoms with Gasteiger partial charge in [-0.25, -0.2) is 0 Å². The van der Waals surface area contributed by atoms with E-state index in [0.29, 0.717) is 54.8 Å². The molecule has 0 aromatic heterocycles. The highest BCUT2D eigenvalue weighted by atomic mass is 32.2. The van der Waals surface area contributed by atoms with Crippen LogP contribution in [0.25, 0.3) is 0 Å². The molecule has 5 saturated carbocycles. The molecule has 0 saturated heterocycles. The van der Waals surface area contributed by atoms with Crippen LogP contribution in [-0.2, 0) is 14.9 Å². The van der Waals surface area contributed by atoms with Crippen molar-refractivity contribution in [3.05, 3.63) is 0 Å². The van der Waals surface area contributed by atoms with E-state index >= 15 is 0 Å². The van der Waals surface area contributed by atoms with Crippen molar-refractivity contribution in [2.24, 2.45) is 46.3 Å². The molecule has 0 aromatic carbocycles. The smallest absolute Gasteiger partial charge is 0.267 e. The molecule has 10 atom stereocenters. The van der Waals surface area contributed by atoms with Crippen molar-refractivity contribution in [1.82, 2.24) is 5.32 Å². The molecule has 206 valence electrons. The molecule has 7 nitrogen and oxygen atoms in total. The van der Waals surface area contributed by atoms with Gasteiger partial charge in [0.1, 0.15) is 0 Å². The molecule has 0 aromatic rings. The monoisotopic (exact) mass is 525 g/mol. The third-order valence-corrected chi connectivity index (χ3v) is 13.0. The number of aliphatic hydroxyl groups is 2. The van der Waals surface area contributed by atoms with Crippen molar-refractivity contribution in [2.75, 3.05) is 5.75 Å². The minimum absolute atomic E-state index is 0.128. The van der Waals surface area contributed by atoms with Gasteiger partial charge in [0.15, 0.2) is 0 Å². The summed E-state index contributed by atoms with van der Waals surface area (Å²) >= 11 is 0. The van der Waals surface area contributed by atoms with E-state index in [1.165, 1.54) is 12.8 Å². The Labute approximate surface area is 216 Å². The van der Waals surface area contributed by atoms with Crippen molar-refractivity contribution in [2.45, 2.75) is 116 Å². The molecule has 0 spiro atoms. The fraction of sp³-hybridized carbons (Fsp3) is 0.964. The first-order valence-corrected chi connectivity index (χ1v) is 16.0. The second-order valence-corrected chi connectivity index (χ2v) is 15.4. The van der Waals surface area contributed by atoms with Crippen LogP contribution in [0.1, 0.15) is 97.8 Å². The summed E-state index contributed by atoms with van der Waals surface area (Å²) in [5, 5.41) is 24.8. The lowest BCUT2D eigenvalue weighted by Crippen LogP contribution is -2.58. The highest BCUT2D eigenvalue weighted by Gasteiger charge is 2.63. The van der Waals surface area contributed by atoms with E-state index < -0.39 is 21.4 Å². The predicted molar refractivity (Wildman–Crippen MR) is 138 cm³/mol. The average Bonchev–Trinajstić information content (AvgIpc) is 3.41. The van der Waals surface area contributed by atoms with E-state index in [1.54, 1.807) is 0 Å². The van der Waals surface area contributed by atoms with Crippen LogP contribution in [0.2, 0.25) is 0 Å². The molecule has 5 aliphatic carbocycles. The minimum Gasteiger partial charge on any atom is -0.393 e. The van der Waals surface area contributed by atoms with Crippen molar-refractivity contribution in [3.8, 4) is 0 Å². The Kier molecular flexibility index (Phi) is 6.87. The predicted octanol–water partition coefficient (Wildman–Crippen LogP) is 3.93. The summed E-state index contributed by atoms with van der Waals surface area (Å²) in [6, 6.07) is 0. The zero-order valence-corrected chi connectivity index (χ0v) is 23.1. The molecule has 10 unspecified atom stereocenters. The summed E-state index contributed by atoms with van der Waals surface area (Å²) in [4.78, 5) is 12.7. The van der Waals surface area contributed by atoms with E-state index in [-0.39, 0.29) is 28.9 Å². The normalized spacial score (nSPS) is 46.2. The number of nitrogens with one attached hydrogen (secondary N) is 1. The lowest BCUT2D eigenvalue weighted by atomic mass is 9.43. The van der Waals surface area contributed by atoms with Crippen LogP contribution in [0.15, 0.2) is 0 Å². The summed E-state index contributed by atoms with van der Waals surface area (Å²) in [5.41, 5.74) is -0.679. The Morgan fingerprint density at radius 1 is 1.00 bits per heavy atom. The Morgan fingerprint density at radius 2 is 1.72 bits per heavy atom. The number of hydrogen-bond donors (Lipinski definition) is 4. The molecular formula is C28H47NO6S. The van der Waals surface area contributed by atoms with Gasteiger partial charge in [0.05, 0.1) is 23.5 Å². The maximum absolute atomic E-state index is 12.7. The molecular weight excluding hydrogens is 478 g/mol. The van der Waals surface area contributed by atoms with Crippen molar-refractivity contribution < 1.29 is 28.0 Å². The maximum atomic E-state index is 12.7. The number of rotatable bonds is 7. The highest BCUT2D eigenvalue weighted by molar-refractivity contribution is 7.85. The Morgan fingerprint density at radius 3 is 2.39 bits per heavy atom. The molecule has 5 fully saturated rings. The molecule has 5 rings (SSSR count). The van der Waals surface area contributed by atoms with Crippen LogP contribution in [0.3, 0.4) is 0 Å². The van der Waals surface area contributed by atoms with Gasteiger partial charge in [-0.15, -0.1) is 0 Å². The molecule has 4 N–H and O–H groups in total. The lowest BCUT2D eigenvalue weighted by Gasteiger charge is -2.62. The van der Waals surface area contributed by atoms with Gasteiger partial charge in [-0.1, -0.05) is 20.8 Å². The zero-order valence-electron chi connectivity index (χ0n) is 22.3. The Hall–Kier alpha value is -0.700. The topological polar surface area (TPSA) is 124 Å². The van der Waals surface area contributed by atoms with E-state index in [4.69, 9.17) is 0 Å². The minimum atomic E-state index is -4.12. The summed E-state index contributed by atoms with van der Waals surface area (Å²) < 4.78 is 31.8. The number of amides is 1. The van der Waals surface area contributed by atoms with Gasteiger partial charge in [-0.3, -0.25) is 9.35 Å². The Balaban J connectivity index is 1.23. The van der Waals surface area contributed by atoms with E-state index in [9.17, 15) is 28.0 Å². The first-order valence-electron chi connectivity index (χ1n) is 14.4. The molecule has 0 aliphatic heterocycles. The summed E-state index contributed by atoms with van der Waals surface area (Å²) in [5.74, 6) is 2.39. The van der Waals surface area contributed by atoms with Gasteiger partial charge < -0.3 is 15.5 Å². The highest BCUT2D eigenvalue weighted by Crippen LogP contribution is 2.68. The standard InChI is InChI=1S/C28H47NO6S/c1-17(4-9-25(32)29-28(12-13-28)16-36(33,34)35)21-7-8-22-20-6-5-18-14-19(30)10-11-26(18,2)23(20)15-24(31)27(21,22)3/h17-24,30-31H,4-16H2,1-3H3,(H,29,32)(H,33,34,35). The van der Waals surface area contributed by atoms with Gasteiger partial charge >= 0.3 is 0 Å². The van der Waals surface area contributed by atoms with Crippen molar-refractivity contribution in [3.63, 3.8) is 0 Å². The summed E-state index contributed by atoms with van der Waals surface area (Å²) in [6.07, 6.45) is 10.1. The number of hydrogen-bond acceptors (Lipinski definition) is 5. The fourth-order valence-electron chi connectivity index (χ4n) is 9.88. The van der Waals surface area contributed by atoms with Crippen LogP contribution in [0.4, 0.5) is 0 Å². The third-order valence-electron chi connectivity index (χ3n) is 12.0. The van der Waals surface area contributed by atoms with E-state index in [1.807, 2.05) is 0 Å². The second kappa shape index (κ2) is 9.20. The quantitative estimate of drug-likeness (QED) is 0.374. The number of carbonyl (C=O) groups is 1.